The van der Waals surface area contributed by atoms with Crippen LogP contribution in [-0.2, 0) is 9.59 Å². The summed E-state index contributed by atoms with van der Waals surface area (Å²) in [5.74, 6) is -0.826. The standard InChI is InChI=1S/C15H28N2O3/c1-11(2)8-17(9-12(3)15(19)20)10-14(18)16-13-6-4-5-7-13/h11-13H,4-10H2,1-3H3,(H,16,18)(H,19,20). The highest BCUT2D eigenvalue weighted by atomic mass is 16.4. The minimum atomic E-state index is -0.810. The summed E-state index contributed by atoms with van der Waals surface area (Å²) >= 11 is 0. The van der Waals surface area contributed by atoms with Crippen molar-refractivity contribution < 1.29 is 14.7 Å². The summed E-state index contributed by atoms with van der Waals surface area (Å²) in [5, 5.41) is 12.1. The second kappa shape index (κ2) is 8.25. The van der Waals surface area contributed by atoms with Crippen LogP contribution in [0.3, 0.4) is 0 Å². The topological polar surface area (TPSA) is 69.6 Å². The summed E-state index contributed by atoms with van der Waals surface area (Å²) in [7, 11) is 0. The molecule has 5 nitrogen and oxygen atoms in total. The molecule has 116 valence electrons. The highest BCUT2D eigenvalue weighted by Gasteiger charge is 2.21. The Morgan fingerprint density at radius 1 is 1.20 bits per heavy atom. The quantitative estimate of drug-likeness (QED) is 0.712. The van der Waals surface area contributed by atoms with E-state index in [1.807, 2.05) is 4.90 Å². The monoisotopic (exact) mass is 284 g/mol. The molecule has 1 atom stereocenters. The predicted molar refractivity (Wildman–Crippen MR) is 78.5 cm³/mol. The zero-order chi connectivity index (χ0) is 15.1. The van der Waals surface area contributed by atoms with Crippen molar-refractivity contribution >= 4 is 11.9 Å². The Morgan fingerprint density at radius 2 is 1.80 bits per heavy atom. The molecule has 0 aromatic rings. The molecule has 5 heteroatoms. The lowest BCUT2D eigenvalue weighted by Gasteiger charge is -2.26. The molecule has 0 aromatic carbocycles. The number of aliphatic carboxylic acids is 1. The van der Waals surface area contributed by atoms with Crippen molar-refractivity contribution in [2.75, 3.05) is 19.6 Å². The molecule has 20 heavy (non-hydrogen) atoms. The number of carboxylic acid groups (broad SMARTS) is 1. The summed E-state index contributed by atoms with van der Waals surface area (Å²) in [6.45, 7) is 7.30. The van der Waals surface area contributed by atoms with Gasteiger partial charge in [-0.25, -0.2) is 0 Å². The van der Waals surface area contributed by atoms with Gasteiger partial charge in [0, 0.05) is 19.1 Å². The van der Waals surface area contributed by atoms with Crippen LogP contribution in [0.4, 0.5) is 0 Å². The van der Waals surface area contributed by atoms with Gasteiger partial charge in [0.15, 0.2) is 0 Å². The lowest BCUT2D eigenvalue weighted by atomic mass is 10.1. The van der Waals surface area contributed by atoms with Crippen LogP contribution in [0.2, 0.25) is 0 Å². The van der Waals surface area contributed by atoms with E-state index in [0.717, 1.165) is 19.4 Å². The second-order valence-electron chi connectivity index (χ2n) is 6.38. The van der Waals surface area contributed by atoms with E-state index >= 15 is 0 Å². The third kappa shape index (κ3) is 6.37. The molecule has 0 heterocycles. The van der Waals surface area contributed by atoms with Crippen molar-refractivity contribution in [3.05, 3.63) is 0 Å². The maximum absolute atomic E-state index is 12.0. The van der Waals surface area contributed by atoms with Gasteiger partial charge in [-0.3, -0.25) is 14.5 Å². The molecular weight excluding hydrogens is 256 g/mol. The number of carbonyl (C=O) groups is 2. The Labute approximate surface area is 121 Å². The predicted octanol–water partition coefficient (Wildman–Crippen LogP) is 1.72. The Balaban J connectivity index is 2.45. The highest BCUT2D eigenvalue weighted by molar-refractivity contribution is 5.78. The average molecular weight is 284 g/mol. The molecule has 1 fully saturated rings. The summed E-state index contributed by atoms with van der Waals surface area (Å²) in [6, 6.07) is 0.320. The lowest BCUT2D eigenvalue weighted by Crippen LogP contribution is -2.44. The zero-order valence-electron chi connectivity index (χ0n) is 12.9. The molecule has 1 aliphatic rings. The largest absolute Gasteiger partial charge is 0.481 e. The van der Waals surface area contributed by atoms with E-state index in [2.05, 4.69) is 19.2 Å². The third-order valence-corrected chi connectivity index (χ3v) is 3.66. The molecule has 1 rings (SSSR count). The van der Waals surface area contributed by atoms with Crippen LogP contribution in [0, 0.1) is 11.8 Å². The summed E-state index contributed by atoms with van der Waals surface area (Å²) < 4.78 is 0. The Kier molecular flexibility index (Phi) is 6.99. The minimum absolute atomic E-state index is 0.0233. The molecule has 1 unspecified atom stereocenters. The van der Waals surface area contributed by atoms with Gasteiger partial charge in [0.2, 0.25) is 5.91 Å². The number of carbonyl (C=O) groups excluding carboxylic acids is 1. The molecule has 0 aliphatic heterocycles. The lowest BCUT2D eigenvalue weighted by molar-refractivity contribution is -0.142. The molecule has 0 radical (unpaired) electrons. The summed E-state index contributed by atoms with van der Waals surface area (Å²) in [5.41, 5.74) is 0. The van der Waals surface area contributed by atoms with Gasteiger partial charge in [-0.1, -0.05) is 33.6 Å². The van der Waals surface area contributed by atoms with Crippen molar-refractivity contribution in [2.24, 2.45) is 11.8 Å². The van der Waals surface area contributed by atoms with Crippen molar-refractivity contribution in [3.63, 3.8) is 0 Å². The minimum Gasteiger partial charge on any atom is -0.481 e. The van der Waals surface area contributed by atoms with E-state index < -0.39 is 11.9 Å². The SMILES string of the molecule is CC(C)CN(CC(=O)NC1CCCC1)CC(C)C(=O)O. The zero-order valence-corrected chi connectivity index (χ0v) is 12.9. The van der Waals surface area contributed by atoms with Crippen molar-refractivity contribution in [1.29, 1.82) is 0 Å². The van der Waals surface area contributed by atoms with Crippen LogP contribution in [0.25, 0.3) is 0 Å². The molecule has 1 amide bonds. The molecular formula is C15H28N2O3. The van der Waals surface area contributed by atoms with Gasteiger partial charge in [0.1, 0.15) is 0 Å². The first-order valence-electron chi connectivity index (χ1n) is 7.63. The van der Waals surface area contributed by atoms with Gasteiger partial charge in [-0.05, 0) is 18.8 Å². The average Bonchev–Trinajstić information content (AvgIpc) is 2.80. The second-order valence-corrected chi connectivity index (χ2v) is 6.38. The van der Waals surface area contributed by atoms with Crippen LogP contribution < -0.4 is 5.32 Å². The van der Waals surface area contributed by atoms with Crippen molar-refractivity contribution in [3.8, 4) is 0 Å². The van der Waals surface area contributed by atoms with E-state index in [0.29, 0.717) is 25.0 Å². The summed E-state index contributed by atoms with van der Waals surface area (Å²) in [6.07, 6.45) is 4.52. The Bertz CT molecular complexity index is 325. The van der Waals surface area contributed by atoms with Gasteiger partial charge >= 0.3 is 5.97 Å². The van der Waals surface area contributed by atoms with Gasteiger partial charge in [-0.15, -0.1) is 0 Å². The third-order valence-electron chi connectivity index (χ3n) is 3.66. The van der Waals surface area contributed by atoms with Gasteiger partial charge in [0.25, 0.3) is 0 Å². The first kappa shape index (κ1) is 17.0. The maximum atomic E-state index is 12.0. The number of hydrogen-bond donors (Lipinski definition) is 2. The van der Waals surface area contributed by atoms with Gasteiger partial charge in [-0.2, -0.15) is 0 Å². The van der Waals surface area contributed by atoms with E-state index in [1.54, 1.807) is 6.92 Å². The number of rotatable bonds is 8. The van der Waals surface area contributed by atoms with Crippen LogP contribution >= 0.6 is 0 Å². The molecule has 0 spiro atoms. The molecule has 1 aliphatic carbocycles. The fraction of sp³-hybridized carbons (Fsp3) is 0.867. The number of nitrogens with zero attached hydrogens (tertiary/aromatic N) is 1. The van der Waals surface area contributed by atoms with Crippen LogP contribution in [0.15, 0.2) is 0 Å². The van der Waals surface area contributed by atoms with Crippen molar-refractivity contribution in [2.45, 2.75) is 52.5 Å². The molecule has 0 bridgehead atoms. The van der Waals surface area contributed by atoms with E-state index in [-0.39, 0.29) is 5.91 Å². The number of amides is 1. The van der Waals surface area contributed by atoms with Gasteiger partial charge in [0.05, 0.1) is 12.5 Å². The molecule has 1 saturated carbocycles. The molecule has 0 saturated heterocycles. The fourth-order valence-electron chi connectivity index (χ4n) is 2.73. The Hall–Kier alpha value is -1.10. The number of hydrogen-bond acceptors (Lipinski definition) is 3. The van der Waals surface area contributed by atoms with E-state index in [1.165, 1.54) is 12.8 Å². The first-order chi connectivity index (χ1) is 9.38. The molecule has 0 aromatic heterocycles. The molecule has 2 N–H and O–H groups in total. The Morgan fingerprint density at radius 3 is 2.30 bits per heavy atom. The van der Waals surface area contributed by atoms with Crippen LogP contribution in [-0.4, -0.2) is 47.6 Å². The van der Waals surface area contributed by atoms with Gasteiger partial charge < -0.3 is 10.4 Å². The first-order valence-corrected chi connectivity index (χ1v) is 7.63. The van der Waals surface area contributed by atoms with Crippen LogP contribution in [0.5, 0.6) is 0 Å². The highest BCUT2D eigenvalue weighted by Crippen LogP contribution is 2.17. The number of nitrogens with one attached hydrogen (secondary N) is 1. The smallest absolute Gasteiger partial charge is 0.307 e. The van der Waals surface area contributed by atoms with Crippen LogP contribution in [0.1, 0.15) is 46.5 Å². The van der Waals surface area contributed by atoms with Crippen molar-refractivity contribution in [1.82, 2.24) is 10.2 Å². The number of carboxylic acids is 1. The normalized spacial score (nSPS) is 17.6. The van der Waals surface area contributed by atoms with E-state index in [9.17, 15) is 9.59 Å². The fourth-order valence-corrected chi connectivity index (χ4v) is 2.73. The maximum Gasteiger partial charge on any atom is 0.307 e. The summed E-state index contributed by atoms with van der Waals surface area (Å²) in [4.78, 5) is 25.0. The van der Waals surface area contributed by atoms with E-state index in [4.69, 9.17) is 5.11 Å².